The van der Waals surface area contributed by atoms with Crippen LogP contribution in [0, 0.1) is 0 Å². The van der Waals surface area contributed by atoms with Crippen LogP contribution >= 0.6 is 27.3 Å². The lowest BCUT2D eigenvalue weighted by Crippen LogP contribution is -2.39. The number of benzene rings is 2. The highest BCUT2D eigenvalue weighted by molar-refractivity contribution is 9.10. The molecule has 4 rings (SSSR count). The van der Waals surface area contributed by atoms with Crippen molar-refractivity contribution in [3.63, 3.8) is 0 Å². The minimum atomic E-state index is -0.0496. The zero-order valence-corrected chi connectivity index (χ0v) is 20.0. The van der Waals surface area contributed by atoms with Crippen molar-refractivity contribution in [2.24, 2.45) is 0 Å². The number of halogens is 1. The molecule has 0 spiro atoms. The van der Waals surface area contributed by atoms with Crippen molar-refractivity contribution in [3.05, 3.63) is 52.5 Å². The molecular formula is C23H26BrN3O3S. The average molecular weight is 504 g/mol. The van der Waals surface area contributed by atoms with Gasteiger partial charge in [-0.15, -0.1) is 0 Å². The number of anilines is 1. The summed E-state index contributed by atoms with van der Waals surface area (Å²) in [5, 5.41) is 0.699. The molecule has 0 bridgehead atoms. The van der Waals surface area contributed by atoms with Gasteiger partial charge in [0.05, 0.1) is 30.1 Å². The standard InChI is InChI=1S/C23H26BrN3O3S/c1-2-30-19-9-5-10-20-21(19)25-23(31-20)27(12-6-11-26-13-15-29-16-14-26)22(28)17-7-3-4-8-18(17)24/h3-5,7-10H,2,6,11-16H2,1H3. The molecule has 6 nitrogen and oxygen atoms in total. The van der Waals surface area contributed by atoms with E-state index in [0.717, 1.165) is 59.7 Å². The summed E-state index contributed by atoms with van der Waals surface area (Å²) in [4.78, 5) is 22.5. The van der Waals surface area contributed by atoms with Crippen LogP contribution < -0.4 is 9.64 Å². The molecule has 1 aromatic heterocycles. The highest BCUT2D eigenvalue weighted by atomic mass is 79.9. The number of fused-ring (bicyclic) bond motifs is 1. The van der Waals surface area contributed by atoms with Crippen molar-refractivity contribution in [3.8, 4) is 5.75 Å². The van der Waals surface area contributed by atoms with Crippen LogP contribution in [-0.4, -0.2) is 61.8 Å². The molecule has 0 N–H and O–H groups in total. The monoisotopic (exact) mass is 503 g/mol. The lowest BCUT2D eigenvalue weighted by atomic mass is 10.2. The number of carbonyl (C=O) groups is 1. The van der Waals surface area contributed by atoms with E-state index in [1.54, 1.807) is 4.90 Å². The van der Waals surface area contributed by atoms with Gasteiger partial charge in [-0.2, -0.15) is 0 Å². The molecule has 1 aliphatic rings. The summed E-state index contributed by atoms with van der Waals surface area (Å²) in [6.07, 6.45) is 0.866. The Bertz CT molecular complexity index is 1040. The Hall–Kier alpha value is -2.00. The Morgan fingerprint density at radius 2 is 2.03 bits per heavy atom. The van der Waals surface area contributed by atoms with E-state index in [1.165, 1.54) is 11.3 Å². The second-order valence-corrected chi connectivity index (χ2v) is 9.14. The van der Waals surface area contributed by atoms with E-state index in [-0.39, 0.29) is 5.91 Å². The third-order valence-corrected chi connectivity index (χ3v) is 6.95. The zero-order chi connectivity index (χ0) is 21.6. The van der Waals surface area contributed by atoms with Gasteiger partial charge in [0.2, 0.25) is 0 Å². The molecule has 1 saturated heterocycles. The molecule has 0 radical (unpaired) electrons. The number of rotatable bonds is 8. The number of hydrogen-bond acceptors (Lipinski definition) is 6. The van der Waals surface area contributed by atoms with Gasteiger partial charge < -0.3 is 9.47 Å². The van der Waals surface area contributed by atoms with Crippen LogP contribution in [0.1, 0.15) is 23.7 Å². The predicted octanol–water partition coefficient (Wildman–Crippen LogP) is 4.83. The zero-order valence-electron chi connectivity index (χ0n) is 17.6. The molecule has 2 heterocycles. The number of carbonyl (C=O) groups excluding carboxylic acids is 1. The summed E-state index contributed by atoms with van der Waals surface area (Å²) in [7, 11) is 0. The van der Waals surface area contributed by atoms with E-state index in [2.05, 4.69) is 20.8 Å². The fourth-order valence-corrected chi connectivity index (χ4v) is 5.10. The van der Waals surface area contributed by atoms with Gasteiger partial charge in [0.15, 0.2) is 5.13 Å². The molecule has 31 heavy (non-hydrogen) atoms. The largest absolute Gasteiger partial charge is 0.492 e. The lowest BCUT2D eigenvalue weighted by Gasteiger charge is -2.27. The van der Waals surface area contributed by atoms with E-state index < -0.39 is 0 Å². The van der Waals surface area contributed by atoms with Gasteiger partial charge in [0, 0.05) is 30.7 Å². The Morgan fingerprint density at radius 3 is 2.81 bits per heavy atom. The molecule has 1 aliphatic heterocycles. The third-order valence-electron chi connectivity index (χ3n) is 5.21. The molecule has 8 heteroatoms. The molecule has 3 aromatic rings. The van der Waals surface area contributed by atoms with Gasteiger partial charge in [-0.05, 0) is 53.5 Å². The molecule has 0 atom stereocenters. The summed E-state index contributed by atoms with van der Waals surface area (Å²) >= 11 is 5.05. The Balaban J connectivity index is 1.61. The first-order valence-electron chi connectivity index (χ1n) is 10.6. The number of aromatic nitrogens is 1. The van der Waals surface area contributed by atoms with Crippen LogP contribution in [0.4, 0.5) is 5.13 Å². The van der Waals surface area contributed by atoms with Crippen LogP contribution in [0.5, 0.6) is 5.75 Å². The minimum Gasteiger partial charge on any atom is -0.492 e. The van der Waals surface area contributed by atoms with Crippen molar-refractivity contribution in [2.75, 3.05) is 50.9 Å². The average Bonchev–Trinajstić information content (AvgIpc) is 3.22. The van der Waals surface area contributed by atoms with E-state index in [0.29, 0.717) is 23.8 Å². The first-order chi connectivity index (χ1) is 15.2. The highest BCUT2D eigenvalue weighted by Crippen LogP contribution is 2.35. The van der Waals surface area contributed by atoms with Crippen LogP contribution in [0.3, 0.4) is 0 Å². The summed E-state index contributed by atoms with van der Waals surface area (Å²) in [6.45, 7) is 7.49. The first kappa shape index (κ1) is 22.2. The second kappa shape index (κ2) is 10.5. The number of morpholine rings is 1. The Kier molecular flexibility index (Phi) is 7.55. The molecule has 0 saturated carbocycles. The van der Waals surface area contributed by atoms with Crippen LogP contribution in [-0.2, 0) is 4.74 Å². The van der Waals surface area contributed by atoms with Crippen LogP contribution in [0.2, 0.25) is 0 Å². The van der Waals surface area contributed by atoms with Gasteiger partial charge in [0.1, 0.15) is 11.3 Å². The van der Waals surface area contributed by atoms with E-state index in [9.17, 15) is 4.79 Å². The second-order valence-electron chi connectivity index (χ2n) is 7.28. The topological polar surface area (TPSA) is 54.9 Å². The molecular weight excluding hydrogens is 478 g/mol. The molecule has 2 aromatic carbocycles. The van der Waals surface area contributed by atoms with Gasteiger partial charge in [-0.3, -0.25) is 14.6 Å². The SMILES string of the molecule is CCOc1cccc2sc(N(CCCN3CCOCC3)C(=O)c3ccccc3Br)nc12. The van der Waals surface area contributed by atoms with E-state index >= 15 is 0 Å². The summed E-state index contributed by atoms with van der Waals surface area (Å²) in [5.41, 5.74) is 1.45. The van der Waals surface area contributed by atoms with Crippen molar-refractivity contribution in [1.29, 1.82) is 0 Å². The smallest absolute Gasteiger partial charge is 0.261 e. The molecule has 164 valence electrons. The summed E-state index contributed by atoms with van der Waals surface area (Å²) in [6, 6.07) is 13.4. The summed E-state index contributed by atoms with van der Waals surface area (Å²) < 4.78 is 13.0. The van der Waals surface area contributed by atoms with Gasteiger partial charge in [-0.1, -0.05) is 29.5 Å². The number of nitrogens with zero attached hydrogens (tertiary/aromatic N) is 3. The van der Waals surface area contributed by atoms with Crippen molar-refractivity contribution >= 4 is 48.5 Å². The lowest BCUT2D eigenvalue weighted by molar-refractivity contribution is 0.0376. The summed E-state index contributed by atoms with van der Waals surface area (Å²) in [5.74, 6) is 0.704. The van der Waals surface area contributed by atoms with Gasteiger partial charge >= 0.3 is 0 Å². The fraction of sp³-hybridized carbons (Fsp3) is 0.391. The third kappa shape index (κ3) is 5.26. The molecule has 0 unspecified atom stereocenters. The Labute approximate surface area is 194 Å². The minimum absolute atomic E-state index is 0.0496. The normalized spacial score (nSPS) is 14.6. The predicted molar refractivity (Wildman–Crippen MR) is 128 cm³/mol. The quantitative estimate of drug-likeness (QED) is 0.440. The molecule has 1 fully saturated rings. The van der Waals surface area contributed by atoms with Crippen molar-refractivity contribution in [1.82, 2.24) is 9.88 Å². The molecule has 0 aliphatic carbocycles. The van der Waals surface area contributed by atoms with E-state index in [1.807, 2.05) is 49.4 Å². The van der Waals surface area contributed by atoms with Gasteiger partial charge in [0.25, 0.3) is 5.91 Å². The van der Waals surface area contributed by atoms with E-state index in [4.69, 9.17) is 14.5 Å². The molecule has 1 amide bonds. The number of amides is 1. The Morgan fingerprint density at radius 1 is 1.23 bits per heavy atom. The number of para-hydroxylation sites is 1. The van der Waals surface area contributed by atoms with Crippen LogP contribution in [0.15, 0.2) is 46.9 Å². The van der Waals surface area contributed by atoms with Crippen LogP contribution in [0.25, 0.3) is 10.2 Å². The van der Waals surface area contributed by atoms with Crippen molar-refractivity contribution < 1.29 is 14.3 Å². The number of hydrogen-bond donors (Lipinski definition) is 0. The maximum absolute atomic E-state index is 13.5. The van der Waals surface area contributed by atoms with Gasteiger partial charge in [-0.25, -0.2) is 4.98 Å². The fourth-order valence-electron chi connectivity index (χ4n) is 3.64. The highest BCUT2D eigenvalue weighted by Gasteiger charge is 2.24. The van der Waals surface area contributed by atoms with Crippen molar-refractivity contribution in [2.45, 2.75) is 13.3 Å². The maximum atomic E-state index is 13.5. The first-order valence-corrected chi connectivity index (χ1v) is 12.2. The number of ether oxygens (including phenoxy) is 2. The maximum Gasteiger partial charge on any atom is 0.261 e. The number of thiazole rings is 1.